The van der Waals surface area contributed by atoms with Crippen molar-refractivity contribution in [2.75, 3.05) is 6.54 Å². The Bertz CT molecular complexity index is 855. The molecule has 0 aromatic carbocycles. The molecule has 0 atom stereocenters. The zero-order valence-electron chi connectivity index (χ0n) is 12.8. The Morgan fingerprint density at radius 3 is 3.22 bits per heavy atom. The van der Waals surface area contributed by atoms with E-state index >= 15 is 0 Å². The molecule has 118 valence electrons. The average Bonchev–Trinajstić information content (AvgIpc) is 3.20. The molecule has 0 fully saturated rings. The summed E-state index contributed by atoms with van der Waals surface area (Å²) in [4.78, 5) is 19.8. The molecule has 2 amide bonds. The first-order chi connectivity index (χ1) is 11.2. The number of carbonyl (C=O) groups is 1. The van der Waals surface area contributed by atoms with Crippen LogP contribution in [0.1, 0.15) is 21.8 Å². The molecular weight excluding hydrogens is 310 g/mol. The Balaban J connectivity index is 1.49. The molecule has 1 aliphatic rings. The molecule has 0 bridgehead atoms. The summed E-state index contributed by atoms with van der Waals surface area (Å²) in [6.45, 7) is 3.82. The summed E-state index contributed by atoms with van der Waals surface area (Å²) in [5.41, 5.74) is 4.06. The quantitative estimate of drug-likeness (QED) is 0.786. The molecule has 1 aliphatic heterocycles. The summed E-state index contributed by atoms with van der Waals surface area (Å²) < 4.78 is 1.91. The second-order valence-electron chi connectivity index (χ2n) is 5.70. The highest BCUT2D eigenvalue weighted by Crippen LogP contribution is 2.20. The van der Waals surface area contributed by atoms with Crippen LogP contribution in [0, 0.1) is 6.92 Å². The molecule has 7 heteroatoms. The first-order valence-corrected chi connectivity index (χ1v) is 8.47. The summed E-state index contributed by atoms with van der Waals surface area (Å²) in [5, 5.41) is 9.50. The van der Waals surface area contributed by atoms with Crippen molar-refractivity contribution < 1.29 is 4.79 Å². The van der Waals surface area contributed by atoms with Gasteiger partial charge in [-0.1, -0.05) is 6.07 Å². The normalized spacial score (nSPS) is 14.0. The predicted molar refractivity (Wildman–Crippen MR) is 88.4 cm³/mol. The van der Waals surface area contributed by atoms with Gasteiger partial charge < -0.3 is 10.2 Å². The highest BCUT2D eigenvalue weighted by atomic mass is 32.1. The fourth-order valence-electron chi connectivity index (χ4n) is 2.92. The largest absolute Gasteiger partial charge is 0.333 e. The minimum atomic E-state index is -0.0270. The molecule has 0 saturated heterocycles. The Morgan fingerprint density at radius 2 is 2.39 bits per heavy atom. The number of aromatic nitrogens is 3. The lowest BCUT2D eigenvalue weighted by Gasteiger charge is -2.28. The number of fused-ring (bicyclic) bond motifs is 3. The van der Waals surface area contributed by atoms with E-state index in [1.165, 1.54) is 0 Å². The average molecular weight is 327 g/mol. The van der Waals surface area contributed by atoms with Gasteiger partial charge in [0.15, 0.2) is 5.65 Å². The molecule has 6 nitrogen and oxygen atoms in total. The van der Waals surface area contributed by atoms with Gasteiger partial charge in [0.05, 0.1) is 24.5 Å². The van der Waals surface area contributed by atoms with Crippen molar-refractivity contribution in [3.63, 3.8) is 0 Å². The lowest BCUT2D eigenvalue weighted by atomic mass is 10.1. The van der Waals surface area contributed by atoms with Gasteiger partial charge in [-0.25, -0.2) is 14.3 Å². The zero-order valence-corrected chi connectivity index (χ0v) is 13.6. The highest BCUT2D eigenvalue weighted by molar-refractivity contribution is 7.09. The third kappa shape index (κ3) is 2.68. The van der Waals surface area contributed by atoms with E-state index in [0.29, 0.717) is 19.6 Å². The van der Waals surface area contributed by atoms with Crippen LogP contribution in [0.4, 0.5) is 4.79 Å². The third-order valence-corrected chi connectivity index (χ3v) is 4.93. The number of urea groups is 1. The molecule has 0 aliphatic carbocycles. The van der Waals surface area contributed by atoms with Crippen LogP contribution in [0.2, 0.25) is 0 Å². The van der Waals surface area contributed by atoms with Crippen LogP contribution in [-0.4, -0.2) is 32.1 Å². The first kappa shape index (κ1) is 14.2. The van der Waals surface area contributed by atoms with Crippen molar-refractivity contribution in [3.05, 3.63) is 51.6 Å². The molecule has 3 aromatic heterocycles. The van der Waals surface area contributed by atoms with Crippen LogP contribution in [0.3, 0.4) is 0 Å². The predicted octanol–water partition coefficient (Wildman–Crippen LogP) is 2.37. The van der Waals surface area contributed by atoms with E-state index in [1.807, 2.05) is 46.1 Å². The smallest absolute Gasteiger partial charge is 0.318 e. The second-order valence-corrected chi connectivity index (χ2v) is 6.73. The van der Waals surface area contributed by atoms with Gasteiger partial charge >= 0.3 is 6.03 Å². The number of carbonyl (C=O) groups excluding carboxylic acids is 1. The van der Waals surface area contributed by atoms with Gasteiger partial charge in [0.1, 0.15) is 0 Å². The lowest BCUT2D eigenvalue weighted by molar-refractivity contribution is 0.191. The van der Waals surface area contributed by atoms with Gasteiger partial charge in [0.2, 0.25) is 0 Å². The van der Waals surface area contributed by atoms with Crippen molar-refractivity contribution in [1.29, 1.82) is 0 Å². The molecule has 0 spiro atoms. The van der Waals surface area contributed by atoms with Crippen LogP contribution in [-0.2, 0) is 19.5 Å². The molecule has 23 heavy (non-hydrogen) atoms. The summed E-state index contributed by atoms with van der Waals surface area (Å²) in [6, 6.07) is 5.96. The molecule has 4 rings (SSSR count). The second kappa shape index (κ2) is 5.66. The maximum absolute atomic E-state index is 12.3. The highest BCUT2D eigenvalue weighted by Gasteiger charge is 2.23. The monoisotopic (exact) mass is 327 g/mol. The summed E-state index contributed by atoms with van der Waals surface area (Å²) in [6.07, 6.45) is 2.66. The maximum atomic E-state index is 12.3. The van der Waals surface area contributed by atoms with Gasteiger partial charge in [-0.15, -0.1) is 11.3 Å². The number of thiophene rings is 1. The first-order valence-electron chi connectivity index (χ1n) is 7.59. The zero-order chi connectivity index (χ0) is 15.8. The van der Waals surface area contributed by atoms with Gasteiger partial charge in [-0.3, -0.25) is 0 Å². The van der Waals surface area contributed by atoms with Crippen molar-refractivity contribution in [3.8, 4) is 0 Å². The van der Waals surface area contributed by atoms with Gasteiger partial charge in [-0.05, 0) is 18.4 Å². The van der Waals surface area contributed by atoms with Crippen molar-refractivity contribution in [2.24, 2.45) is 0 Å². The Labute approximate surface area is 137 Å². The SMILES string of the molecule is Cc1cc2ncc3c(n2n1)CCN(C(=O)NCc1cccs1)C3. The molecule has 0 unspecified atom stereocenters. The Hall–Kier alpha value is -2.41. The van der Waals surface area contributed by atoms with Crippen LogP contribution in [0.15, 0.2) is 29.8 Å². The van der Waals surface area contributed by atoms with Crippen molar-refractivity contribution in [1.82, 2.24) is 24.8 Å². The van der Waals surface area contributed by atoms with Crippen molar-refractivity contribution in [2.45, 2.75) is 26.4 Å². The maximum Gasteiger partial charge on any atom is 0.318 e. The molecule has 0 saturated carbocycles. The third-order valence-electron chi connectivity index (χ3n) is 4.05. The van der Waals surface area contributed by atoms with Gasteiger partial charge in [0.25, 0.3) is 0 Å². The van der Waals surface area contributed by atoms with Gasteiger partial charge in [0, 0.05) is 35.7 Å². The molecule has 0 radical (unpaired) electrons. The molecular formula is C16H17N5OS. The fraction of sp³-hybridized carbons (Fsp3) is 0.312. The summed E-state index contributed by atoms with van der Waals surface area (Å²) >= 11 is 1.65. The Morgan fingerprint density at radius 1 is 1.48 bits per heavy atom. The number of amides is 2. The van der Waals surface area contributed by atoms with E-state index in [-0.39, 0.29) is 6.03 Å². The van der Waals surface area contributed by atoms with Crippen LogP contribution < -0.4 is 5.32 Å². The number of hydrogen-bond acceptors (Lipinski definition) is 4. The minimum absolute atomic E-state index is 0.0270. The van der Waals surface area contributed by atoms with E-state index in [4.69, 9.17) is 0 Å². The standard InChI is InChI=1S/C16H17N5OS/c1-11-7-15-17-8-12-10-20(5-4-14(12)21(15)19-11)16(22)18-9-13-3-2-6-23-13/h2-3,6-8H,4-5,9-10H2,1H3,(H,18,22). The molecule has 1 N–H and O–H groups in total. The summed E-state index contributed by atoms with van der Waals surface area (Å²) in [7, 11) is 0. The number of nitrogens with zero attached hydrogens (tertiary/aromatic N) is 4. The van der Waals surface area contributed by atoms with E-state index in [1.54, 1.807) is 11.3 Å². The van der Waals surface area contributed by atoms with E-state index in [0.717, 1.165) is 33.9 Å². The van der Waals surface area contributed by atoms with E-state index in [9.17, 15) is 4.79 Å². The molecule has 3 aromatic rings. The van der Waals surface area contributed by atoms with Crippen LogP contribution in [0.5, 0.6) is 0 Å². The van der Waals surface area contributed by atoms with E-state index < -0.39 is 0 Å². The van der Waals surface area contributed by atoms with Crippen LogP contribution >= 0.6 is 11.3 Å². The summed E-state index contributed by atoms with van der Waals surface area (Å²) in [5.74, 6) is 0. The van der Waals surface area contributed by atoms with E-state index in [2.05, 4.69) is 15.4 Å². The van der Waals surface area contributed by atoms with Gasteiger partial charge in [-0.2, -0.15) is 5.10 Å². The van der Waals surface area contributed by atoms with Crippen molar-refractivity contribution >= 4 is 23.0 Å². The fourth-order valence-corrected chi connectivity index (χ4v) is 3.56. The van der Waals surface area contributed by atoms with Crippen LogP contribution in [0.25, 0.3) is 5.65 Å². The number of rotatable bonds is 2. The lowest BCUT2D eigenvalue weighted by Crippen LogP contribution is -2.42. The molecule has 4 heterocycles. The number of aryl methyl sites for hydroxylation is 1. The topological polar surface area (TPSA) is 62.5 Å². The number of hydrogen-bond donors (Lipinski definition) is 1. The number of nitrogens with one attached hydrogen (secondary N) is 1. The minimum Gasteiger partial charge on any atom is -0.333 e. The Kier molecular flexibility index (Phi) is 3.49.